The van der Waals surface area contributed by atoms with E-state index in [9.17, 15) is 19.5 Å². The lowest BCUT2D eigenvalue weighted by molar-refractivity contribution is -0.149. The van der Waals surface area contributed by atoms with E-state index >= 15 is 0 Å². The van der Waals surface area contributed by atoms with E-state index in [0.717, 1.165) is 11.5 Å². The zero-order valence-corrected chi connectivity index (χ0v) is 17.3. The molecule has 11 heteroatoms. The standard InChI is InChI=1S/C17H24N4O5S2/c1-10(20-11(16(25)26-2)7-13-18-3-4-19-13)14(22)21-9-17(27-5-6-28-17)8-12(21)15(23)24/h3-4,10-12,20H,5-9H2,1-2H3,(H,18,19)(H,23,24)/t10-,11?,12?/m0/s1. The third-order valence-electron chi connectivity index (χ3n) is 4.93. The van der Waals surface area contributed by atoms with Gasteiger partial charge in [-0.2, -0.15) is 0 Å². The fraction of sp³-hybridized carbons (Fsp3) is 0.647. The Kier molecular flexibility index (Phi) is 6.56. The highest BCUT2D eigenvalue weighted by Gasteiger charge is 2.52. The molecule has 2 unspecified atom stereocenters. The molecular weight excluding hydrogens is 404 g/mol. The number of esters is 1. The second-order valence-electron chi connectivity index (χ2n) is 6.84. The van der Waals surface area contributed by atoms with Crippen LogP contribution in [0, 0.1) is 0 Å². The number of aliphatic carboxylic acids is 1. The van der Waals surface area contributed by atoms with Crippen molar-refractivity contribution in [1.82, 2.24) is 20.2 Å². The molecule has 3 atom stereocenters. The Balaban J connectivity index is 1.70. The van der Waals surface area contributed by atoms with E-state index in [4.69, 9.17) is 4.74 Å². The number of ether oxygens (including phenoxy) is 1. The van der Waals surface area contributed by atoms with Gasteiger partial charge in [0.15, 0.2) is 0 Å². The van der Waals surface area contributed by atoms with Crippen LogP contribution < -0.4 is 5.32 Å². The molecule has 1 aromatic heterocycles. The maximum atomic E-state index is 13.1. The van der Waals surface area contributed by atoms with Crippen LogP contribution in [0.4, 0.5) is 0 Å². The first-order chi connectivity index (χ1) is 13.3. The quantitative estimate of drug-likeness (QED) is 0.527. The molecule has 0 radical (unpaired) electrons. The number of likely N-dealkylation sites (tertiary alicyclic amines) is 1. The molecule has 0 saturated carbocycles. The smallest absolute Gasteiger partial charge is 0.326 e. The minimum absolute atomic E-state index is 0.231. The summed E-state index contributed by atoms with van der Waals surface area (Å²) in [6.07, 6.45) is 3.89. The number of aromatic nitrogens is 2. The molecule has 1 aromatic rings. The van der Waals surface area contributed by atoms with Crippen LogP contribution in [0.5, 0.6) is 0 Å². The minimum Gasteiger partial charge on any atom is -0.480 e. The summed E-state index contributed by atoms with van der Waals surface area (Å²) in [6, 6.07) is -2.37. The molecule has 2 aliphatic rings. The third-order valence-corrected chi connectivity index (χ3v) is 8.36. The van der Waals surface area contributed by atoms with Gasteiger partial charge in [-0.15, -0.1) is 23.5 Å². The molecule has 2 aliphatic heterocycles. The summed E-state index contributed by atoms with van der Waals surface area (Å²) >= 11 is 3.46. The number of methoxy groups -OCH3 is 1. The lowest BCUT2D eigenvalue weighted by Gasteiger charge is -2.28. The normalized spacial score (nSPS) is 22.9. The van der Waals surface area contributed by atoms with E-state index in [1.807, 2.05) is 0 Å². The number of amides is 1. The van der Waals surface area contributed by atoms with E-state index in [-0.39, 0.29) is 16.4 Å². The highest BCUT2D eigenvalue weighted by Crippen LogP contribution is 2.51. The summed E-state index contributed by atoms with van der Waals surface area (Å²) in [6.45, 7) is 2.03. The van der Waals surface area contributed by atoms with Gasteiger partial charge in [0.05, 0.1) is 17.2 Å². The molecule has 0 aromatic carbocycles. The van der Waals surface area contributed by atoms with Crippen molar-refractivity contribution in [2.45, 2.75) is 42.0 Å². The van der Waals surface area contributed by atoms with Gasteiger partial charge in [-0.3, -0.25) is 14.9 Å². The number of thioether (sulfide) groups is 2. The van der Waals surface area contributed by atoms with Gasteiger partial charge in [0.2, 0.25) is 5.91 Å². The molecule has 2 fully saturated rings. The highest BCUT2D eigenvalue weighted by atomic mass is 32.2. The predicted molar refractivity (Wildman–Crippen MR) is 106 cm³/mol. The molecule has 0 bridgehead atoms. The zero-order chi connectivity index (χ0) is 20.3. The first-order valence-corrected chi connectivity index (χ1v) is 11.0. The number of rotatable bonds is 7. The van der Waals surface area contributed by atoms with E-state index < -0.39 is 30.1 Å². The number of hydrogen-bond acceptors (Lipinski definition) is 8. The number of hydrogen-bond donors (Lipinski definition) is 3. The lowest BCUT2D eigenvalue weighted by atomic mass is 10.1. The molecule has 2 saturated heterocycles. The molecule has 154 valence electrons. The predicted octanol–water partition coefficient (Wildman–Crippen LogP) is 0.334. The summed E-state index contributed by atoms with van der Waals surface area (Å²) in [5, 5.41) is 12.6. The highest BCUT2D eigenvalue weighted by molar-refractivity contribution is 8.21. The Morgan fingerprint density at radius 3 is 2.75 bits per heavy atom. The zero-order valence-electron chi connectivity index (χ0n) is 15.7. The number of H-pyrrole nitrogens is 1. The SMILES string of the molecule is COC(=O)C(Cc1ncc[nH]1)N[C@@H](C)C(=O)N1CC2(CC1C(=O)O)SCCS2. The van der Waals surface area contributed by atoms with Crippen molar-refractivity contribution in [2.24, 2.45) is 0 Å². The molecule has 1 amide bonds. The Morgan fingerprint density at radius 2 is 2.18 bits per heavy atom. The Hall–Kier alpha value is -1.72. The van der Waals surface area contributed by atoms with Crippen LogP contribution in [0.1, 0.15) is 19.2 Å². The summed E-state index contributed by atoms with van der Waals surface area (Å²) in [7, 11) is 1.28. The van der Waals surface area contributed by atoms with E-state index in [1.54, 1.807) is 42.8 Å². The van der Waals surface area contributed by atoms with Crippen molar-refractivity contribution in [3.63, 3.8) is 0 Å². The number of carboxylic acids is 1. The molecule has 9 nitrogen and oxygen atoms in total. The molecule has 28 heavy (non-hydrogen) atoms. The number of nitrogens with one attached hydrogen (secondary N) is 2. The van der Waals surface area contributed by atoms with E-state index in [2.05, 4.69) is 15.3 Å². The summed E-state index contributed by atoms with van der Waals surface area (Å²) in [5.41, 5.74) is 0. The monoisotopic (exact) mass is 428 g/mol. The fourth-order valence-electron chi connectivity index (χ4n) is 3.57. The first kappa shape index (κ1) is 21.0. The van der Waals surface area contributed by atoms with E-state index in [1.165, 1.54) is 12.0 Å². The molecule has 1 spiro atoms. The van der Waals surface area contributed by atoms with Gasteiger partial charge in [-0.05, 0) is 6.92 Å². The summed E-state index contributed by atoms with van der Waals surface area (Å²) in [4.78, 5) is 45.4. The van der Waals surface area contributed by atoms with Crippen LogP contribution in [0.25, 0.3) is 0 Å². The maximum absolute atomic E-state index is 13.1. The molecule has 0 aliphatic carbocycles. The fourth-order valence-corrected chi connectivity index (χ4v) is 6.83. The van der Waals surface area contributed by atoms with Crippen LogP contribution in [0.2, 0.25) is 0 Å². The van der Waals surface area contributed by atoms with Gasteiger partial charge < -0.3 is 19.7 Å². The van der Waals surface area contributed by atoms with Gasteiger partial charge in [0.25, 0.3) is 0 Å². The topological polar surface area (TPSA) is 125 Å². The van der Waals surface area contributed by atoms with Gasteiger partial charge >= 0.3 is 11.9 Å². The number of nitrogens with zero attached hydrogens (tertiary/aromatic N) is 2. The van der Waals surface area contributed by atoms with Crippen molar-refractivity contribution in [1.29, 1.82) is 0 Å². The van der Waals surface area contributed by atoms with Crippen molar-refractivity contribution in [2.75, 3.05) is 25.2 Å². The van der Waals surface area contributed by atoms with Crippen molar-refractivity contribution in [3.8, 4) is 0 Å². The average molecular weight is 429 g/mol. The Morgan fingerprint density at radius 1 is 1.46 bits per heavy atom. The van der Waals surface area contributed by atoms with Crippen molar-refractivity contribution < 1.29 is 24.2 Å². The second-order valence-corrected chi connectivity index (χ2v) is 10.1. The number of carboxylic acid groups (broad SMARTS) is 1. The van der Waals surface area contributed by atoms with E-state index in [0.29, 0.717) is 18.8 Å². The van der Waals surface area contributed by atoms with Crippen molar-refractivity contribution in [3.05, 3.63) is 18.2 Å². The van der Waals surface area contributed by atoms with Gasteiger partial charge in [-0.1, -0.05) is 0 Å². The van der Waals surface area contributed by atoms with Gasteiger partial charge in [0, 0.05) is 43.3 Å². The number of carbonyl (C=O) groups is 3. The van der Waals surface area contributed by atoms with Crippen LogP contribution in [-0.4, -0.2) is 85.2 Å². The maximum Gasteiger partial charge on any atom is 0.326 e. The largest absolute Gasteiger partial charge is 0.480 e. The summed E-state index contributed by atoms with van der Waals surface area (Å²) < 4.78 is 4.59. The van der Waals surface area contributed by atoms with Gasteiger partial charge in [-0.25, -0.2) is 9.78 Å². The number of aromatic amines is 1. The molecule has 3 rings (SSSR count). The molecule has 3 N–H and O–H groups in total. The second kappa shape index (κ2) is 8.75. The van der Waals surface area contributed by atoms with Gasteiger partial charge in [0.1, 0.15) is 17.9 Å². The van der Waals surface area contributed by atoms with Crippen LogP contribution in [0.3, 0.4) is 0 Å². The van der Waals surface area contributed by atoms with Crippen LogP contribution >= 0.6 is 23.5 Å². The third kappa shape index (κ3) is 4.47. The van der Waals surface area contributed by atoms with Crippen molar-refractivity contribution >= 4 is 41.4 Å². The Labute approximate surface area is 171 Å². The van der Waals surface area contributed by atoms with Crippen LogP contribution in [0.15, 0.2) is 12.4 Å². The summed E-state index contributed by atoms with van der Waals surface area (Å²) in [5.74, 6) is 0.674. The van der Waals surface area contributed by atoms with Crippen LogP contribution in [-0.2, 0) is 25.5 Å². The molecule has 3 heterocycles. The lowest BCUT2D eigenvalue weighted by Crippen LogP contribution is -2.54. The first-order valence-electron chi connectivity index (χ1n) is 8.98. The average Bonchev–Trinajstić information content (AvgIpc) is 3.42. The Bertz CT molecular complexity index is 723. The molecular formula is C17H24N4O5S2. The minimum atomic E-state index is -0.995. The number of carbonyl (C=O) groups excluding carboxylic acids is 2. The number of imidazole rings is 1.